The molecule has 0 aliphatic rings. The molecule has 0 atom stereocenters. The molecule has 0 saturated carbocycles. The number of hydrogen-bond donors (Lipinski definition) is 1. The minimum absolute atomic E-state index is 0.134. The summed E-state index contributed by atoms with van der Waals surface area (Å²) in [6, 6.07) is 3.92. The van der Waals surface area contributed by atoms with Crippen LogP contribution in [0.15, 0.2) is 40.2 Å². The number of nitrogens with one attached hydrogen (secondary N) is 1. The summed E-state index contributed by atoms with van der Waals surface area (Å²) in [4.78, 5) is 34.2. The van der Waals surface area contributed by atoms with Crippen molar-refractivity contribution in [3.8, 4) is 10.6 Å². The number of rotatable bonds is 4. The van der Waals surface area contributed by atoms with E-state index >= 15 is 0 Å². The first-order valence-corrected chi connectivity index (χ1v) is 9.04. The van der Waals surface area contributed by atoms with Gasteiger partial charge in [-0.3, -0.25) is 18.8 Å². The Morgan fingerprint density at radius 1 is 1.36 bits per heavy atom. The quantitative estimate of drug-likeness (QED) is 0.591. The van der Waals surface area contributed by atoms with Gasteiger partial charge in [-0.2, -0.15) is 5.10 Å². The van der Waals surface area contributed by atoms with E-state index in [4.69, 9.17) is 0 Å². The van der Waals surface area contributed by atoms with E-state index in [0.29, 0.717) is 16.2 Å². The standard InChI is InChI=1S/C15H12N6O2S2/c1-20-13-9(5-17-20)14(23)21(8-16-13)6-12(22)19-15-18-10(7-25-15)11-3-2-4-24-11/h2-5,7-8H,6H2,1H3,(H,18,19,22). The van der Waals surface area contributed by atoms with Gasteiger partial charge >= 0.3 is 0 Å². The zero-order valence-electron chi connectivity index (χ0n) is 13.0. The Hall–Kier alpha value is -2.85. The Labute approximate surface area is 149 Å². The molecule has 10 heteroatoms. The maximum absolute atomic E-state index is 12.4. The number of hydrogen-bond acceptors (Lipinski definition) is 7. The highest BCUT2D eigenvalue weighted by Crippen LogP contribution is 2.28. The van der Waals surface area contributed by atoms with Crippen LogP contribution in [-0.4, -0.2) is 30.2 Å². The van der Waals surface area contributed by atoms with Crippen molar-refractivity contribution < 1.29 is 4.79 Å². The Morgan fingerprint density at radius 3 is 3.04 bits per heavy atom. The zero-order chi connectivity index (χ0) is 17.4. The average Bonchev–Trinajstić information content (AvgIpc) is 3.31. The molecule has 1 N–H and O–H groups in total. The molecule has 0 fully saturated rings. The Morgan fingerprint density at radius 2 is 2.24 bits per heavy atom. The lowest BCUT2D eigenvalue weighted by Crippen LogP contribution is -2.27. The molecule has 4 aromatic heterocycles. The third-order valence-electron chi connectivity index (χ3n) is 3.56. The molecule has 0 aromatic carbocycles. The van der Waals surface area contributed by atoms with Gasteiger partial charge in [0.15, 0.2) is 10.8 Å². The van der Waals surface area contributed by atoms with Gasteiger partial charge < -0.3 is 5.32 Å². The largest absolute Gasteiger partial charge is 0.300 e. The van der Waals surface area contributed by atoms with E-state index in [1.165, 1.54) is 33.1 Å². The van der Waals surface area contributed by atoms with Crippen LogP contribution in [0.3, 0.4) is 0 Å². The van der Waals surface area contributed by atoms with Crippen molar-refractivity contribution in [2.24, 2.45) is 7.05 Å². The smallest absolute Gasteiger partial charge is 0.264 e. The number of aryl methyl sites for hydroxylation is 1. The highest BCUT2D eigenvalue weighted by atomic mass is 32.1. The highest BCUT2D eigenvalue weighted by molar-refractivity contribution is 7.16. The number of thiazole rings is 1. The van der Waals surface area contributed by atoms with Gasteiger partial charge in [0.25, 0.3) is 5.56 Å². The summed E-state index contributed by atoms with van der Waals surface area (Å²) >= 11 is 2.93. The SMILES string of the molecule is Cn1ncc2c(=O)n(CC(=O)Nc3nc(-c4cccs4)cs3)cnc21. The van der Waals surface area contributed by atoms with Gasteiger partial charge in [-0.25, -0.2) is 9.97 Å². The topological polar surface area (TPSA) is 94.7 Å². The number of carbonyl (C=O) groups is 1. The summed E-state index contributed by atoms with van der Waals surface area (Å²) in [5.74, 6) is -0.334. The number of fused-ring (bicyclic) bond motifs is 1. The van der Waals surface area contributed by atoms with Crippen LogP contribution in [0.2, 0.25) is 0 Å². The van der Waals surface area contributed by atoms with Crippen LogP contribution in [0.1, 0.15) is 0 Å². The van der Waals surface area contributed by atoms with Crippen LogP contribution >= 0.6 is 22.7 Å². The van der Waals surface area contributed by atoms with Crippen LogP contribution in [0.5, 0.6) is 0 Å². The predicted octanol–water partition coefficient (Wildman–Crippen LogP) is 1.95. The summed E-state index contributed by atoms with van der Waals surface area (Å²) in [7, 11) is 1.71. The number of carbonyl (C=O) groups excluding carboxylic acids is 1. The minimum atomic E-state index is -0.334. The number of amides is 1. The Kier molecular flexibility index (Phi) is 3.90. The second-order valence-electron chi connectivity index (χ2n) is 5.25. The first-order chi connectivity index (χ1) is 12.1. The molecule has 4 rings (SSSR count). The van der Waals surface area contributed by atoms with Gasteiger partial charge in [0.05, 0.1) is 16.8 Å². The van der Waals surface area contributed by atoms with Crippen molar-refractivity contribution in [2.75, 3.05) is 5.32 Å². The molecule has 1 amide bonds. The van der Waals surface area contributed by atoms with E-state index in [2.05, 4.69) is 20.4 Å². The molecule has 0 aliphatic carbocycles. The molecule has 0 saturated heterocycles. The third-order valence-corrected chi connectivity index (χ3v) is 5.21. The second-order valence-corrected chi connectivity index (χ2v) is 7.05. The van der Waals surface area contributed by atoms with Gasteiger partial charge in [0.2, 0.25) is 5.91 Å². The van der Waals surface area contributed by atoms with E-state index in [1.54, 1.807) is 18.4 Å². The Balaban J connectivity index is 1.51. The number of thiophene rings is 1. The van der Waals surface area contributed by atoms with E-state index < -0.39 is 0 Å². The summed E-state index contributed by atoms with van der Waals surface area (Å²) in [5, 5.41) is 11.5. The third kappa shape index (κ3) is 2.96. The summed E-state index contributed by atoms with van der Waals surface area (Å²) < 4.78 is 2.77. The average molecular weight is 372 g/mol. The number of anilines is 1. The fraction of sp³-hybridized carbons (Fsp3) is 0.133. The lowest BCUT2D eigenvalue weighted by Gasteiger charge is -2.05. The van der Waals surface area contributed by atoms with Crippen molar-refractivity contribution in [1.29, 1.82) is 0 Å². The van der Waals surface area contributed by atoms with Crippen LogP contribution in [0, 0.1) is 0 Å². The molecular weight excluding hydrogens is 360 g/mol. The molecule has 4 heterocycles. The van der Waals surface area contributed by atoms with E-state index in [1.807, 2.05) is 22.9 Å². The zero-order valence-corrected chi connectivity index (χ0v) is 14.7. The molecule has 0 bridgehead atoms. The van der Waals surface area contributed by atoms with Gasteiger partial charge in [0.1, 0.15) is 18.3 Å². The summed E-state index contributed by atoms with van der Waals surface area (Å²) in [6.45, 7) is -0.134. The molecule has 8 nitrogen and oxygen atoms in total. The van der Waals surface area contributed by atoms with Crippen molar-refractivity contribution in [3.63, 3.8) is 0 Å². The highest BCUT2D eigenvalue weighted by Gasteiger charge is 2.12. The van der Waals surface area contributed by atoms with E-state index in [0.717, 1.165) is 10.6 Å². The number of nitrogens with zero attached hydrogens (tertiary/aromatic N) is 5. The monoisotopic (exact) mass is 372 g/mol. The van der Waals surface area contributed by atoms with Gasteiger partial charge in [0, 0.05) is 12.4 Å². The first kappa shape index (κ1) is 15.7. The van der Waals surface area contributed by atoms with Crippen molar-refractivity contribution >= 4 is 44.7 Å². The molecule has 0 spiro atoms. The van der Waals surface area contributed by atoms with Crippen LogP contribution < -0.4 is 10.9 Å². The van der Waals surface area contributed by atoms with Crippen molar-refractivity contribution in [2.45, 2.75) is 6.54 Å². The number of aromatic nitrogens is 5. The van der Waals surface area contributed by atoms with Gasteiger partial charge in [-0.15, -0.1) is 22.7 Å². The Bertz CT molecular complexity index is 1110. The van der Waals surface area contributed by atoms with Crippen molar-refractivity contribution in [3.05, 3.63) is 45.8 Å². The van der Waals surface area contributed by atoms with E-state index in [-0.39, 0.29) is 18.0 Å². The molecule has 4 aromatic rings. The fourth-order valence-corrected chi connectivity index (χ4v) is 3.85. The molecule has 0 unspecified atom stereocenters. The molecular formula is C15H12N6O2S2. The summed E-state index contributed by atoms with van der Waals surface area (Å²) in [5.41, 5.74) is 1.01. The normalized spacial score (nSPS) is 11.1. The maximum Gasteiger partial charge on any atom is 0.264 e. The van der Waals surface area contributed by atoms with Gasteiger partial charge in [-0.05, 0) is 11.4 Å². The van der Waals surface area contributed by atoms with E-state index in [9.17, 15) is 9.59 Å². The fourth-order valence-electron chi connectivity index (χ4n) is 2.36. The lowest BCUT2D eigenvalue weighted by atomic mass is 10.4. The summed E-state index contributed by atoms with van der Waals surface area (Å²) in [6.07, 6.45) is 2.80. The molecule has 0 aliphatic heterocycles. The minimum Gasteiger partial charge on any atom is -0.300 e. The maximum atomic E-state index is 12.4. The molecule has 25 heavy (non-hydrogen) atoms. The van der Waals surface area contributed by atoms with Crippen LogP contribution in [0.4, 0.5) is 5.13 Å². The van der Waals surface area contributed by atoms with Crippen LogP contribution in [0.25, 0.3) is 21.6 Å². The first-order valence-electron chi connectivity index (χ1n) is 7.28. The molecule has 0 radical (unpaired) electrons. The van der Waals surface area contributed by atoms with Crippen LogP contribution in [-0.2, 0) is 18.4 Å². The van der Waals surface area contributed by atoms with Gasteiger partial charge in [-0.1, -0.05) is 6.07 Å². The molecule has 126 valence electrons. The van der Waals surface area contributed by atoms with Crippen molar-refractivity contribution in [1.82, 2.24) is 24.3 Å². The predicted molar refractivity (Wildman–Crippen MR) is 96.8 cm³/mol. The lowest BCUT2D eigenvalue weighted by molar-refractivity contribution is -0.116. The second kappa shape index (κ2) is 6.22.